The number of aryl methyl sites for hydroxylation is 1. The lowest BCUT2D eigenvalue weighted by atomic mass is 9.97. The average molecular weight is 257 g/mol. The molecule has 1 aromatic rings. The van der Waals surface area contributed by atoms with E-state index in [-0.39, 0.29) is 30.3 Å². The van der Waals surface area contributed by atoms with Crippen LogP contribution < -0.4 is 5.32 Å². The molecule has 1 saturated heterocycles. The van der Waals surface area contributed by atoms with Gasteiger partial charge in [0.1, 0.15) is 12.2 Å². The second-order valence-electron chi connectivity index (χ2n) is 3.32. The fourth-order valence-electron chi connectivity index (χ4n) is 1.74. The molecule has 7 heteroatoms. The topological polar surface area (TPSA) is 74.2 Å². The van der Waals surface area contributed by atoms with Gasteiger partial charge in [0.05, 0.1) is 0 Å². The van der Waals surface area contributed by atoms with Crippen LogP contribution in [0.4, 0.5) is 0 Å². The summed E-state index contributed by atoms with van der Waals surface area (Å²) in [6.07, 6.45) is 4.15. The van der Waals surface area contributed by atoms with Crippen LogP contribution in [0.2, 0.25) is 0 Å². The van der Waals surface area contributed by atoms with E-state index in [0.29, 0.717) is 5.92 Å². The normalized spacial score (nSPS) is 15.8. The fourth-order valence-corrected chi connectivity index (χ4v) is 1.74. The van der Waals surface area contributed by atoms with Crippen molar-refractivity contribution >= 4 is 24.8 Å². The van der Waals surface area contributed by atoms with E-state index in [4.69, 9.17) is 0 Å². The third-order valence-electron chi connectivity index (χ3n) is 2.45. The molecule has 0 saturated carbocycles. The molecular formula is C8H18Cl2N4O. The highest BCUT2D eigenvalue weighted by molar-refractivity contribution is 5.85. The van der Waals surface area contributed by atoms with Gasteiger partial charge in [0.15, 0.2) is 0 Å². The van der Waals surface area contributed by atoms with Crippen LogP contribution in [0.25, 0.3) is 0 Å². The summed E-state index contributed by atoms with van der Waals surface area (Å²) in [6.45, 7) is 2.22. The van der Waals surface area contributed by atoms with Crippen LogP contribution in [-0.4, -0.2) is 33.3 Å². The second-order valence-corrected chi connectivity index (χ2v) is 3.32. The lowest BCUT2D eigenvalue weighted by Crippen LogP contribution is -2.27. The molecule has 0 aromatic carbocycles. The van der Waals surface area contributed by atoms with Gasteiger partial charge in [-0.3, -0.25) is 0 Å². The molecule has 0 radical (unpaired) electrons. The molecule has 90 valence electrons. The Morgan fingerprint density at radius 2 is 1.93 bits per heavy atom. The average Bonchev–Trinajstić information content (AvgIpc) is 2.53. The highest BCUT2D eigenvalue weighted by atomic mass is 35.5. The predicted molar refractivity (Wildman–Crippen MR) is 64.0 cm³/mol. The summed E-state index contributed by atoms with van der Waals surface area (Å²) in [7, 11) is 2.01. The van der Waals surface area contributed by atoms with Crippen molar-refractivity contribution in [1.29, 1.82) is 0 Å². The first-order chi connectivity index (χ1) is 5.88. The third-order valence-corrected chi connectivity index (χ3v) is 2.45. The van der Waals surface area contributed by atoms with Crippen LogP contribution in [0.1, 0.15) is 24.6 Å². The Balaban J connectivity index is 0. The smallest absolute Gasteiger partial charge is 0.135 e. The molecule has 1 aromatic heterocycles. The molecule has 0 amide bonds. The zero-order valence-electron chi connectivity index (χ0n) is 8.64. The van der Waals surface area contributed by atoms with Crippen molar-refractivity contribution in [1.82, 2.24) is 20.1 Å². The molecule has 1 fully saturated rings. The fraction of sp³-hybridized carbons (Fsp3) is 0.750. The largest absolute Gasteiger partial charge is 0.412 e. The first-order valence-electron chi connectivity index (χ1n) is 4.42. The molecule has 1 aliphatic heterocycles. The van der Waals surface area contributed by atoms with Gasteiger partial charge in [0.25, 0.3) is 0 Å². The van der Waals surface area contributed by atoms with Gasteiger partial charge in [0.2, 0.25) is 0 Å². The summed E-state index contributed by atoms with van der Waals surface area (Å²) in [6, 6.07) is 0. The number of nitrogens with zero attached hydrogens (tertiary/aromatic N) is 3. The Labute approximate surface area is 102 Å². The van der Waals surface area contributed by atoms with Gasteiger partial charge < -0.3 is 15.4 Å². The lowest BCUT2D eigenvalue weighted by Gasteiger charge is -2.21. The molecule has 2 rings (SSSR count). The molecule has 1 aliphatic rings. The summed E-state index contributed by atoms with van der Waals surface area (Å²) in [5, 5.41) is 11.4. The van der Waals surface area contributed by atoms with E-state index in [1.807, 2.05) is 11.6 Å². The van der Waals surface area contributed by atoms with E-state index in [1.165, 1.54) is 12.8 Å². The Bertz CT molecular complexity index is 263. The van der Waals surface area contributed by atoms with Crippen LogP contribution in [0.3, 0.4) is 0 Å². The Hall–Kier alpha value is -0.360. The summed E-state index contributed by atoms with van der Waals surface area (Å²) >= 11 is 0. The Kier molecular flexibility index (Phi) is 8.95. The molecule has 0 aliphatic carbocycles. The summed E-state index contributed by atoms with van der Waals surface area (Å²) in [5.41, 5.74) is 0. The number of hydrogen-bond donors (Lipinski definition) is 1. The molecule has 0 atom stereocenters. The maximum atomic E-state index is 4.12. The van der Waals surface area contributed by atoms with Gasteiger partial charge >= 0.3 is 0 Å². The van der Waals surface area contributed by atoms with Gasteiger partial charge in [-0.05, 0) is 25.9 Å². The summed E-state index contributed by atoms with van der Waals surface area (Å²) in [4.78, 5) is 0. The van der Waals surface area contributed by atoms with Crippen LogP contribution in [-0.2, 0) is 7.05 Å². The third kappa shape index (κ3) is 3.95. The minimum Gasteiger partial charge on any atom is -0.412 e. The van der Waals surface area contributed by atoms with Gasteiger partial charge in [-0.2, -0.15) is 0 Å². The van der Waals surface area contributed by atoms with E-state index < -0.39 is 0 Å². The van der Waals surface area contributed by atoms with Crippen LogP contribution in [0.15, 0.2) is 6.33 Å². The van der Waals surface area contributed by atoms with Crippen LogP contribution in [0.5, 0.6) is 0 Å². The molecule has 3 N–H and O–H groups in total. The first kappa shape index (κ1) is 17.0. The standard InChI is InChI=1S/C8H14N4.2ClH.H2O/c1-12-6-10-11-8(12)7-2-4-9-5-3-7;;;/h6-7,9H,2-5H2,1H3;2*1H;1H2. The lowest BCUT2D eigenvalue weighted by molar-refractivity contribution is 0.436. The Morgan fingerprint density at radius 1 is 1.33 bits per heavy atom. The van der Waals surface area contributed by atoms with E-state index in [0.717, 1.165) is 18.9 Å². The minimum atomic E-state index is 0. The van der Waals surface area contributed by atoms with Crippen molar-refractivity contribution in [3.8, 4) is 0 Å². The van der Waals surface area contributed by atoms with E-state index in [1.54, 1.807) is 6.33 Å². The van der Waals surface area contributed by atoms with Crippen LogP contribution in [0, 0.1) is 0 Å². The number of aromatic nitrogens is 3. The number of halogens is 2. The minimum absolute atomic E-state index is 0. The van der Waals surface area contributed by atoms with Gasteiger partial charge in [0, 0.05) is 13.0 Å². The number of nitrogens with one attached hydrogen (secondary N) is 1. The highest BCUT2D eigenvalue weighted by Crippen LogP contribution is 2.21. The van der Waals surface area contributed by atoms with Crippen molar-refractivity contribution in [3.63, 3.8) is 0 Å². The van der Waals surface area contributed by atoms with Gasteiger partial charge in [-0.15, -0.1) is 35.0 Å². The summed E-state index contributed by atoms with van der Waals surface area (Å²) in [5.74, 6) is 1.75. The molecule has 0 unspecified atom stereocenters. The quantitative estimate of drug-likeness (QED) is 0.786. The van der Waals surface area contributed by atoms with Crippen molar-refractivity contribution < 1.29 is 5.48 Å². The Morgan fingerprint density at radius 3 is 2.40 bits per heavy atom. The van der Waals surface area contributed by atoms with Crippen molar-refractivity contribution in [2.75, 3.05) is 13.1 Å². The van der Waals surface area contributed by atoms with E-state index in [2.05, 4.69) is 15.5 Å². The van der Waals surface area contributed by atoms with E-state index in [9.17, 15) is 0 Å². The maximum Gasteiger partial charge on any atom is 0.135 e. The second kappa shape index (κ2) is 7.87. The zero-order chi connectivity index (χ0) is 8.39. The van der Waals surface area contributed by atoms with E-state index >= 15 is 0 Å². The molecular weight excluding hydrogens is 239 g/mol. The predicted octanol–water partition coefficient (Wildman–Crippen LogP) is 0.301. The summed E-state index contributed by atoms with van der Waals surface area (Å²) < 4.78 is 2.02. The van der Waals surface area contributed by atoms with Gasteiger partial charge in [-0.1, -0.05) is 0 Å². The number of piperidine rings is 1. The van der Waals surface area contributed by atoms with Crippen molar-refractivity contribution in [2.45, 2.75) is 18.8 Å². The molecule has 0 bridgehead atoms. The first-order valence-corrected chi connectivity index (χ1v) is 4.42. The highest BCUT2D eigenvalue weighted by Gasteiger charge is 2.18. The monoisotopic (exact) mass is 256 g/mol. The number of rotatable bonds is 1. The SMILES string of the molecule is Cl.Cl.Cn1cnnc1C1CCNCC1.O. The number of hydrogen-bond acceptors (Lipinski definition) is 3. The molecule has 5 nitrogen and oxygen atoms in total. The molecule has 15 heavy (non-hydrogen) atoms. The molecule has 0 spiro atoms. The van der Waals surface area contributed by atoms with Crippen molar-refractivity contribution in [2.24, 2.45) is 7.05 Å². The maximum absolute atomic E-state index is 4.12. The zero-order valence-corrected chi connectivity index (χ0v) is 10.3. The van der Waals surface area contributed by atoms with Gasteiger partial charge in [-0.25, -0.2) is 0 Å². The molecule has 2 heterocycles. The van der Waals surface area contributed by atoms with Crippen molar-refractivity contribution in [3.05, 3.63) is 12.2 Å². The van der Waals surface area contributed by atoms with Crippen LogP contribution >= 0.6 is 24.8 Å².